The van der Waals surface area contributed by atoms with E-state index in [1.54, 1.807) is 73.1 Å². The van der Waals surface area contributed by atoms with Gasteiger partial charge in [-0.3, -0.25) is 19.1 Å². The molecule has 0 spiro atoms. The van der Waals surface area contributed by atoms with Crippen molar-refractivity contribution in [2.75, 3.05) is 11.9 Å². The second kappa shape index (κ2) is 12.3. The molecule has 45 heavy (non-hydrogen) atoms. The van der Waals surface area contributed by atoms with Gasteiger partial charge in [-0.2, -0.15) is 5.10 Å². The molecule has 0 bridgehead atoms. The Morgan fingerprint density at radius 1 is 0.978 bits per heavy atom. The van der Waals surface area contributed by atoms with E-state index in [-0.39, 0.29) is 29.9 Å². The van der Waals surface area contributed by atoms with E-state index in [9.17, 15) is 18.8 Å². The molecule has 3 aromatic carbocycles. The lowest BCUT2D eigenvalue weighted by Crippen LogP contribution is -2.44. The molecular formula is C33H25F2N7O3. The summed E-state index contributed by atoms with van der Waals surface area (Å²) in [5, 5.41) is 7.14. The van der Waals surface area contributed by atoms with E-state index in [1.165, 1.54) is 10.7 Å². The number of hydrogen-bond donors (Lipinski definition) is 2. The molecule has 224 valence electrons. The van der Waals surface area contributed by atoms with Crippen LogP contribution in [0.3, 0.4) is 0 Å². The van der Waals surface area contributed by atoms with Crippen LogP contribution in [-0.2, 0) is 16.1 Å². The van der Waals surface area contributed by atoms with Crippen molar-refractivity contribution in [3.63, 3.8) is 0 Å². The fourth-order valence-electron chi connectivity index (χ4n) is 5.26. The number of carbonyl (C=O) groups excluding carboxylic acids is 3. The molecule has 5 aromatic rings. The van der Waals surface area contributed by atoms with Gasteiger partial charge in [-0.05, 0) is 41.8 Å². The van der Waals surface area contributed by atoms with Crippen LogP contribution in [-0.4, -0.2) is 61.1 Å². The van der Waals surface area contributed by atoms with Gasteiger partial charge in [-0.1, -0.05) is 48.4 Å². The molecule has 3 heterocycles. The summed E-state index contributed by atoms with van der Waals surface area (Å²) in [5.41, 5.74) is 7.27. The van der Waals surface area contributed by atoms with Crippen LogP contribution >= 0.6 is 0 Å². The second-order valence-electron chi connectivity index (χ2n) is 10.3. The van der Waals surface area contributed by atoms with Crippen molar-refractivity contribution < 1.29 is 23.2 Å². The lowest BCUT2D eigenvalue weighted by Gasteiger charge is -2.24. The molecule has 1 aliphatic rings. The van der Waals surface area contributed by atoms with Gasteiger partial charge in [0.05, 0.1) is 17.7 Å². The highest BCUT2D eigenvalue weighted by molar-refractivity contribution is 6.05. The first-order chi connectivity index (χ1) is 21.8. The number of fused-ring (bicyclic) bond motifs is 1. The summed E-state index contributed by atoms with van der Waals surface area (Å²) in [6.07, 6.45) is 1.41. The molecule has 0 aliphatic carbocycles. The first-order valence-corrected chi connectivity index (χ1v) is 14.0. The Morgan fingerprint density at radius 3 is 2.51 bits per heavy atom. The third kappa shape index (κ3) is 6.09. The Labute approximate surface area is 255 Å². The summed E-state index contributed by atoms with van der Waals surface area (Å²) in [6, 6.07) is 18.8. The van der Waals surface area contributed by atoms with E-state index in [2.05, 4.69) is 32.2 Å². The van der Waals surface area contributed by atoms with Gasteiger partial charge in [0.15, 0.2) is 11.5 Å². The van der Waals surface area contributed by atoms with Crippen molar-refractivity contribution in [3.8, 4) is 23.0 Å². The van der Waals surface area contributed by atoms with Crippen LogP contribution in [0.5, 0.6) is 0 Å². The van der Waals surface area contributed by atoms with Crippen LogP contribution in [0, 0.1) is 17.7 Å². The minimum atomic E-state index is -1.46. The number of nitrogens with one attached hydrogen (secondary N) is 1. The molecule has 3 amide bonds. The van der Waals surface area contributed by atoms with Crippen LogP contribution in [0.2, 0.25) is 0 Å². The summed E-state index contributed by atoms with van der Waals surface area (Å²) >= 11 is 0. The Hall–Kier alpha value is -5.96. The first kappa shape index (κ1) is 29.1. The number of amides is 3. The Kier molecular flexibility index (Phi) is 7.99. The van der Waals surface area contributed by atoms with Gasteiger partial charge in [-0.25, -0.2) is 18.7 Å². The summed E-state index contributed by atoms with van der Waals surface area (Å²) in [4.78, 5) is 48.2. The van der Waals surface area contributed by atoms with Gasteiger partial charge in [-0.15, -0.1) is 0 Å². The third-order valence-electron chi connectivity index (χ3n) is 7.37. The molecule has 2 aromatic heterocycles. The highest BCUT2D eigenvalue weighted by Crippen LogP contribution is 2.29. The van der Waals surface area contributed by atoms with E-state index < -0.39 is 42.3 Å². The molecule has 2 atom stereocenters. The number of benzene rings is 3. The van der Waals surface area contributed by atoms with E-state index in [0.29, 0.717) is 27.9 Å². The molecule has 12 heteroatoms. The van der Waals surface area contributed by atoms with Crippen LogP contribution in [0.25, 0.3) is 22.0 Å². The quantitative estimate of drug-likeness (QED) is 0.283. The maximum absolute atomic E-state index is 15.4. The highest BCUT2D eigenvalue weighted by atomic mass is 19.1. The molecule has 1 fully saturated rings. The van der Waals surface area contributed by atoms with Crippen molar-refractivity contribution in [2.45, 2.75) is 25.2 Å². The standard InChI is InChI=1S/C33H25F2N7O3/c34-22-17-27(33(45)39-25-9-4-8-23(30(25)35)21-6-2-1-3-7-21)41(18-22)29(43)19-42-26-12-10-20(11-13-28-37-14-5-15-38-28)16-24(26)31(40-42)32(36)44/h1-10,12,14-16,22,27H,17-19H2,(H2,36,44)(H,39,45)/t22-,27+/m1/s1. The molecule has 0 saturated carbocycles. The maximum Gasteiger partial charge on any atom is 0.269 e. The van der Waals surface area contributed by atoms with Gasteiger partial charge >= 0.3 is 0 Å². The lowest BCUT2D eigenvalue weighted by atomic mass is 10.0. The fraction of sp³-hybridized carbons (Fsp3) is 0.152. The summed E-state index contributed by atoms with van der Waals surface area (Å²) < 4.78 is 31.3. The minimum Gasteiger partial charge on any atom is -0.364 e. The fourth-order valence-corrected chi connectivity index (χ4v) is 5.26. The number of alkyl halides is 1. The summed E-state index contributed by atoms with van der Waals surface area (Å²) in [5.74, 6) is 3.27. The minimum absolute atomic E-state index is 0.0785. The van der Waals surface area contributed by atoms with Gasteiger partial charge in [0.25, 0.3) is 5.91 Å². The molecule has 0 unspecified atom stereocenters. The van der Waals surface area contributed by atoms with E-state index in [4.69, 9.17) is 5.73 Å². The number of nitrogens with zero attached hydrogens (tertiary/aromatic N) is 5. The number of hydrogen-bond acceptors (Lipinski definition) is 6. The highest BCUT2D eigenvalue weighted by Gasteiger charge is 2.40. The molecular weight excluding hydrogens is 580 g/mol. The average Bonchev–Trinajstić information content (AvgIpc) is 3.62. The van der Waals surface area contributed by atoms with Crippen molar-refractivity contribution in [1.82, 2.24) is 24.6 Å². The number of likely N-dealkylation sites (tertiary alicyclic amines) is 1. The molecule has 0 radical (unpaired) electrons. The predicted octanol–water partition coefficient (Wildman–Crippen LogP) is 3.71. The zero-order chi connectivity index (χ0) is 31.5. The summed E-state index contributed by atoms with van der Waals surface area (Å²) in [6.45, 7) is -0.729. The molecule has 3 N–H and O–H groups in total. The zero-order valence-corrected chi connectivity index (χ0v) is 23.7. The van der Waals surface area contributed by atoms with Crippen molar-refractivity contribution in [2.24, 2.45) is 5.73 Å². The van der Waals surface area contributed by atoms with Crippen molar-refractivity contribution >= 4 is 34.3 Å². The topological polar surface area (TPSA) is 136 Å². The largest absolute Gasteiger partial charge is 0.364 e. The predicted molar refractivity (Wildman–Crippen MR) is 162 cm³/mol. The van der Waals surface area contributed by atoms with E-state index in [0.717, 1.165) is 4.90 Å². The number of aromatic nitrogens is 4. The normalized spacial score (nSPS) is 15.8. The monoisotopic (exact) mass is 605 g/mol. The molecule has 1 saturated heterocycles. The van der Waals surface area contributed by atoms with E-state index in [1.807, 2.05) is 6.07 Å². The SMILES string of the molecule is NC(=O)c1nn(CC(=O)N2C[C@H](F)C[C@H]2C(=O)Nc2cccc(-c3ccccc3)c2F)c2ccc(C#Cc3ncccn3)cc12. The zero-order valence-electron chi connectivity index (χ0n) is 23.7. The lowest BCUT2D eigenvalue weighted by molar-refractivity contribution is -0.137. The number of rotatable bonds is 6. The van der Waals surface area contributed by atoms with Crippen molar-refractivity contribution in [1.29, 1.82) is 0 Å². The Bertz CT molecular complexity index is 1990. The van der Waals surface area contributed by atoms with Crippen LogP contribution in [0.15, 0.2) is 85.2 Å². The smallest absolute Gasteiger partial charge is 0.269 e. The molecule has 10 nitrogen and oxygen atoms in total. The molecule has 6 rings (SSSR count). The van der Waals surface area contributed by atoms with E-state index >= 15 is 4.39 Å². The van der Waals surface area contributed by atoms with Gasteiger partial charge in [0.1, 0.15) is 18.8 Å². The van der Waals surface area contributed by atoms with Crippen LogP contribution in [0.1, 0.15) is 28.3 Å². The van der Waals surface area contributed by atoms with Gasteiger partial charge in [0, 0.05) is 35.3 Å². The summed E-state index contributed by atoms with van der Waals surface area (Å²) in [7, 11) is 0. The Balaban J connectivity index is 1.23. The average molecular weight is 606 g/mol. The van der Waals surface area contributed by atoms with Crippen LogP contribution in [0.4, 0.5) is 14.5 Å². The number of halogens is 2. The van der Waals surface area contributed by atoms with Gasteiger partial charge < -0.3 is 16.0 Å². The number of anilines is 1. The van der Waals surface area contributed by atoms with Crippen molar-refractivity contribution in [3.05, 3.63) is 108 Å². The third-order valence-corrected chi connectivity index (χ3v) is 7.37. The number of carbonyl (C=O) groups is 3. The number of primary amides is 1. The second-order valence-corrected chi connectivity index (χ2v) is 10.3. The molecule has 1 aliphatic heterocycles. The maximum atomic E-state index is 15.4. The van der Waals surface area contributed by atoms with Gasteiger partial charge in [0.2, 0.25) is 17.6 Å². The number of nitrogens with two attached hydrogens (primary N) is 1. The first-order valence-electron chi connectivity index (χ1n) is 14.0. The van der Waals surface area contributed by atoms with Crippen LogP contribution < -0.4 is 11.1 Å². The Morgan fingerprint density at radius 2 is 1.76 bits per heavy atom.